The first-order valence-corrected chi connectivity index (χ1v) is 8.67. The van der Waals surface area contributed by atoms with Crippen molar-refractivity contribution in [3.8, 4) is 0 Å². The predicted octanol–water partition coefficient (Wildman–Crippen LogP) is 4.51. The maximum Gasteiger partial charge on any atom is 0.252 e. The summed E-state index contributed by atoms with van der Waals surface area (Å²) in [5, 5.41) is 5.14. The molecule has 29 heavy (non-hydrogen) atoms. The lowest BCUT2D eigenvalue weighted by Crippen LogP contribution is -2.37. The number of nitrogens with one attached hydrogen (secondary N) is 2. The van der Waals surface area contributed by atoms with E-state index in [-0.39, 0.29) is 44.9 Å². The molecule has 0 heterocycles. The molecule has 2 aromatic carbocycles. The molecule has 0 atom stereocenters. The van der Waals surface area contributed by atoms with E-state index in [0.29, 0.717) is 22.3 Å². The van der Waals surface area contributed by atoms with Crippen LogP contribution in [0.2, 0.25) is 0 Å². The first kappa shape index (κ1) is 27.9. The zero-order chi connectivity index (χ0) is 20.4. The minimum atomic E-state index is -0.359. The van der Waals surface area contributed by atoms with E-state index >= 15 is 0 Å². The first-order valence-electron chi connectivity index (χ1n) is 8.67. The van der Waals surface area contributed by atoms with Gasteiger partial charge in [0.15, 0.2) is 11.6 Å². The maximum absolute atomic E-state index is 12.0. The number of carbonyl (C=O) groups is 4. The van der Waals surface area contributed by atoms with Crippen LogP contribution in [0.5, 0.6) is 0 Å². The normalized spacial score (nSPS) is 8.83. The van der Waals surface area contributed by atoms with Crippen LogP contribution in [0.1, 0.15) is 84.0 Å². The first-order chi connectivity index (χ1) is 12.9. The molecule has 0 saturated carbocycles. The summed E-state index contributed by atoms with van der Waals surface area (Å²) in [6, 6.07) is 12.5. The molecule has 2 rings (SSSR count). The van der Waals surface area contributed by atoms with Gasteiger partial charge in [0, 0.05) is 22.3 Å². The van der Waals surface area contributed by atoms with E-state index in [1.807, 2.05) is 13.8 Å². The number of ketones is 2. The Kier molecular flexibility index (Phi) is 13.3. The van der Waals surface area contributed by atoms with E-state index < -0.39 is 0 Å². The molecule has 2 N–H and O–H groups in total. The summed E-state index contributed by atoms with van der Waals surface area (Å²) in [6.45, 7) is 6.86. The average Bonchev–Trinajstić information content (AvgIpc) is 2.69. The second-order valence-corrected chi connectivity index (χ2v) is 5.46. The van der Waals surface area contributed by atoms with Crippen LogP contribution in [0, 0.1) is 0 Å². The van der Waals surface area contributed by atoms with Gasteiger partial charge in [-0.1, -0.05) is 53.0 Å². The highest BCUT2D eigenvalue weighted by Gasteiger charge is 2.09. The Bertz CT molecular complexity index is 740. The molecule has 0 fully saturated rings. The Labute approximate surface area is 173 Å². The zero-order valence-electron chi connectivity index (χ0n) is 16.0. The monoisotopic (exact) mass is 400 g/mol. The van der Waals surface area contributed by atoms with Crippen molar-refractivity contribution in [2.45, 2.75) is 42.5 Å². The summed E-state index contributed by atoms with van der Waals surface area (Å²) in [5.41, 5.74) is 1.84. The molecule has 0 spiro atoms. The molecule has 2 aromatic rings. The smallest absolute Gasteiger partial charge is 0.252 e. The quantitative estimate of drug-likeness (QED) is 0.551. The van der Waals surface area contributed by atoms with Gasteiger partial charge >= 0.3 is 0 Å². The molecule has 0 radical (unpaired) electrons. The van der Waals surface area contributed by atoms with Gasteiger partial charge in [-0.15, -0.1) is 0 Å². The summed E-state index contributed by atoms with van der Waals surface area (Å²) in [6.07, 6.45) is 0. The second-order valence-electron chi connectivity index (χ2n) is 5.46. The van der Waals surface area contributed by atoms with Crippen LogP contribution in [-0.2, 0) is 0 Å². The van der Waals surface area contributed by atoms with Crippen LogP contribution in [-0.4, -0.2) is 30.0 Å². The van der Waals surface area contributed by atoms with E-state index in [0.717, 1.165) is 0 Å². The fraction of sp³-hybridized carbons (Fsp3) is 0.304. The highest BCUT2D eigenvalue weighted by Crippen LogP contribution is 2.06. The molecular formula is C23H32N2O4. The largest absolute Gasteiger partial charge is 0.335 e. The van der Waals surface area contributed by atoms with Gasteiger partial charge in [0.05, 0.1) is 6.67 Å². The van der Waals surface area contributed by atoms with Crippen LogP contribution in [0.25, 0.3) is 0 Å². The number of carbonyl (C=O) groups excluding carboxylic acids is 4. The number of amides is 2. The number of hydrogen-bond donors (Lipinski definition) is 2. The minimum absolute atomic E-state index is 0. The molecule has 0 aliphatic carbocycles. The summed E-state index contributed by atoms with van der Waals surface area (Å²) >= 11 is 0. The molecule has 6 nitrogen and oxygen atoms in total. The van der Waals surface area contributed by atoms with Crippen LogP contribution in [0.3, 0.4) is 0 Å². The van der Waals surface area contributed by atoms with E-state index in [1.165, 1.54) is 13.8 Å². The van der Waals surface area contributed by atoms with Crippen LogP contribution < -0.4 is 10.6 Å². The molecule has 6 heteroatoms. The molecule has 0 unspecified atom stereocenters. The Morgan fingerprint density at radius 1 is 0.586 bits per heavy atom. The predicted molar refractivity (Wildman–Crippen MR) is 118 cm³/mol. The third-order valence-corrected chi connectivity index (χ3v) is 3.61. The van der Waals surface area contributed by atoms with Crippen molar-refractivity contribution in [3.05, 3.63) is 70.8 Å². The van der Waals surface area contributed by atoms with E-state index in [2.05, 4.69) is 10.6 Å². The molecular weight excluding hydrogens is 368 g/mol. The fourth-order valence-electron chi connectivity index (χ4n) is 2.12. The summed E-state index contributed by atoms with van der Waals surface area (Å²) in [4.78, 5) is 46.4. The summed E-state index contributed by atoms with van der Waals surface area (Å²) in [5.74, 6) is -0.866. The van der Waals surface area contributed by atoms with Gasteiger partial charge in [-0.25, -0.2) is 0 Å². The molecule has 158 valence electrons. The zero-order valence-corrected chi connectivity index (χ0v) is 16.0. The van der Waals surface area contributed by atoms with Gasteiger partial charge in [0.25, 0.3) is 11.8 Å². The minimum Gasteiger partial charge on any atom is -0.335 e. The van der Waals surface area contributed by atoms with E-state index in [4.69, 9.17) is 0 Å². The van der Waals surface area contributed by atoms with Crippen LogP contribution in [0.4, 0.5) is 0 Å². The number of rotatable bonds is 6. The molecule has 0 bridgehead atoms. The van der Waals surface area contributed by atoms with Crippen molar-refractivity contribution in [1.82, 2.24) is 10.6 Å². The average molecular weight is 401 g/mol. The van der Waals surface area contributed by atoms with Gasteiger partial charge in [0.2, 0.25) is 0 Å². The Hall–Kier alpha value is -3.28. The van der Waals surface area contributed by atoms with Crippen molar-refractivity contribution >= 4 is 23.4 Å². The molecule has 0 aliphatic heterocycles. The summed E-state index contributed by atoms with van der Waals surface area (Å²) in [7, 11) is 0. The SMILES string of the molecule is C.C.CC.CC(=O)c1ccc(C(=O)NCNC(=O)c2ccc(C(C)=O)cc2)cc1. The highest BCUT2D eigenvalue weighted by atomic mass is 16.2. The second kappa shape index (κ2) is 13.8. The standard InChI is InChI=1S/C19H18N2O4.C2H6.2CH4/c1-12(22)14-3-7-16(8-4-14)18(24)20-11-21-19(25)17-9-5-15(6-10-17)13(2)23;1-2;;/h3-10H,11H2,1-2H3,(H,20,24)(H,21,25);1-2H3;2*1H4. The van der Waals surface area contributed by atoms with Crippen molar-refractivity contribution in [2.24, 2.45) is 0 Å². The molecule has 2 amide bonds. The highest BCUT2D eigenvalue weighted by molar-refractivity contribution is 5.99. The van der Waals surface area contributed by atoms with E-state index in [9.17, 15) is 19.2 Å². The van der Waals surface area contributed by atoms with Crippen LogP contribution >= 0.6 is 0 Å². The third kappa shape index (κ3) is 8.51. The molecule has 0 saturated heterocycles. The lowest BCUT2D eigenvalue weighted by Gasteiger charge is -2.08. The Balaban J connectivity index is 0. The van der Waals surface area contributed by atoms with Gasteiger partial charge in [-0.3, -0.25) is 19.2 Å². The molecule has 0 aliphatic rings. The Morgan fingerprint density at radius 2 is 0.828 bits per heavy atom. The van der Waals surface area contributed by atoms with Crippen molar-refractivity contribution in [1.29, 1.82) is 0 Å². The van der Waals surface area contributed by atoms with Gasteiger partial charge in [0.1, 0.15) is 0 Å². The lowest BCUT2D eigenvalue weighted by molar-refractivity contribution is 0.0916. The summed E-state index contributed by atoms with van der Waals surface area (Å²) < 4.78 is 0. The third-order valence-electron chi connectivity index (χ3n) is 3.61. The van der Waals surface area contributed by atoms with Gasteiger partial charge < -0.3 is 10.6 Å². The molecule has 0 aromatic heterocycles. The Morgan fingerprint density at radius 3 is 1.07 bits per heavy atom. The maximum atomic E-state index is 12.0. The number of Topliss-reactive ketones (excluding diaryl/α,β-unsaturated/α-hetero) is 2. The fourth-order valence-corrected chi connectivity index (χ4v) is 2.12. The number of hydrogen-bond acceptors (Lipinski definition) is 4. The van der Waals surface area contributed by atoms with Crippen molar-refractivity contribution in [2.75, 3.05) is 6.67 Å². The number of benzene rings is 2. The van der Waals surface area contributed by atoms with Crippen LogP contribution in [0.15, 0.2) is 48.5 Å². The lowest BCUT2D eigenvalue weighted by atomic mass is 10.1. The topological polar surface area (TPSA) is 92.3 Å². The van der Waals surface area contributed by atoms with Crippen molar-refractivity contribution in [3.63, 3.8) is 0 Å². The van der Waals surface area contributed by atoms with Crippen molar-refractivity contribution < 1.29 is 19.2 Å². The van der Waals surface area contributed by atoms with Gasteiger partial charge in [-0.05, 0) is 38.1 Å². The van der Waals surface area contributed by atoms with E-state index in [1.54, 1.807) is 48.5 Å². The van der Waals surface area contributed by atoms with Gasteiger partial charge in [-0.2, -0.15) is 0 Å².